The van der Waals surface area contributed by atoms with Crippen LogP contribution in [0, 0.1) is 6.92 Å². The number of benzene rings is 4. The van der Waals surface area contributed by atoms with Gasteiger partial charge in [-0.05, 0) is 67.1 Å². The second kappa shape index (κ2) is 12.6. The molecule has 0 unspecified atom stereocenters. The van der Waals surface area contributed by atoms with Gasteiger partial charge in [-0.25, -0.2) is 19.7 Å². The fourth-order valence-corrected chi connectivity index (χ4v) is 6.16. The minimum atomic E-state index is -4.56. The number of azo groups is 1. The molecule has 0 atom stereocenters. The fraction of sp³-hybridized carbons (Fsp3) is 0.0690. The SMILES string of the molecule is COc1cc(S(=O)(=O)O)c(C)cc1N=Nc1c(C(=O)O)[nH]n(-c2ccc(-c3nc4ccc5c(O)cc(SOOO)cc5c4[nH]3)cc2)c1=O. The minimum absolute atomic E-state index is 0.0217. The van der Waals surface area contributed by atoms with Gasteiger partial charge in [0.15, 0.2) is 11.4 Å². The third kappa shape index (κ3) is 5.99. The zero-order chi connectivity index (χ0) is 34.3. The van der Waals surface area contributed by atoms with Crippen molar-refractivity contribution in [3.05, 3.63) is 82.3 Å². The highest BCUT2D eigenvalue weighted by Gasteiger charge is 2.22. The third-order valence-corrected chi connectivity index (χ3v) is 8.75. The van der Waals surface area contributed by atoms with Crippen LogP contribution < -0.4 is 10.3 Å². The zero-order valence-corrected chi connectivity index (χ0v) is 26.2. The Balaban J connectivity index is 1.35. The van der Waals surface area contributed by atoms with Crippen molar-refractivity contribution in [2.24, 2.45) is 10.2 Å². The Kier molecular flexibility index (Phi) is 8.47. The van der Waals surface area contributed by atoms with Crippen molar-refractivity contribution in [1.29, 1.82) is 0 Å². The lowest BCUT2D eigenvalue weighted by Gasteiger charge is -2.08. The number of carboxylic acids is 1. The number of rotatable bonds is 10. The number of phenolic OH excluding ortho intramolecular Hbond substituents is 1. The van der Waals surface area contributed by atoms with Crippen LogP contribution in [-0.4, -0.2) is 61.3 Å². The van der Waals surface area contributed by atoms with Crippen LogP contribution in [0.2, 0.25) is 0 Å². The Morgan fingerprint density at radius 2 is 1.79 bits per heavy atom. The number of aromatic carboxylic acids is 1. The van der Waals surface area contributed by atoms with E-state index >= 15 is 0 Å². The van der Waals surface area contributed by atoms with Crippen LogP contribution in [0.3, 0.4) is 0 Å². The lowest BCUT2D eigenvalue weighted by molar-refractivity contribution is -0.432. The summed E-state index contributed by atoms with van der Waals surface area (Å²) in [7, 11) is -3.34. The molecule has 0 fully saturated rings. The molecule has 2 aromatic heterocycles. The number of imidazole rings is 1. The van der Waals surface area contributed by atoms with Crippen LogP contribution in [0.25, 0.3) is 38.9 Å². The van der Waals surface area contributed by atoms with Gasteiger partial charge in [-0.3, -0.25) is 14.4 Å². The van der Waals surface area contributed by atoms with Crippen molar-refractivity contribution >= 4 is 61.3 Å². The molecule has 2 heterocycles. The van der Waals surface area contributed by atoms with Crippen molar-refractivity contribution in [2.45, 2.75) is 16.7 Å². The number of fused-ring (bicyclic) bond motifs is 3. The van der Waals surface area contributed by atoms with Crippen LogP contribution in [0.5, 0.6) is 11.5 Å². The number of hydrogen-bond acceptors (Lipinski definition) is 13. The smallest absolute Gasteiger partial charge is 0.356 e. The number of nitrogens with zero attached hydrogens (tertiary/aromatic N) is 4. The van der Waals surface area contributed by atoms with Crippen molar-refractivity contribution in [3.63, 3.8) is 0 Å². The van der Waals surface area contributed by atoms with Crippen molar-refractivity contribution < 1.29 is 47.3 Å². The van der Waals surface area contributed by atoms with Gasteiger partial charge in [0, 0.05) is 27.3 Å². The van der Waals surface area contributed by atoms with E-state index in [1.165, 1.54) is 26.2 Å². The number of hydrogen-bond donors (Lipinski definition) is 6. The van der Waals surface area contributed by atoms with E-state index in [4.69, 9.17) is 9.99 Å². The normalized spacial score (nSPS) is 12.0. The number of carbonyl (C=O) groups is 1. The number of phenols is 1. The lowest BCUT2D eigenvalue weighted by Crippen LogP contribution is -2.13. The number of H-pyrrole nitrogens is 2. The summed E-state index contributed by atoms with van der Waals surface area (Å²) in [5.74, 6) is -1.15. The van der Waals surface area contributed by atoms with Crippen molar-refractivity contribution in [1.82, 2.24) is 19.7 Å². The molecule has 48 heavy (non-hydrogen) atoms. The average Bonchev–Trinajstić information content (AvgIpc) is 3.64. The number of aromatic amines is 2. The molecule has 0 saturated carbocycles. The molecule has 19 heteroatoms. The molecular weight excluding hydrogens is 672 g/mol. The molecule has 246 valence electrons. The van der Waals surface area contributed by atoms with E-state index in [0.717, 1.165) is 10.7 Å². The molecule has 6 N–H and O–H groups in total. The number of nitrogens with one attached hydrogen (secondary N) is 2. The number of methoxy groups -OCH3 is 1. The Morgan fingerprint density at radius 1 is 1.04 bits per heavy atom. The topological polar surface area (TPSA) is 251 Å². The zero-order valence-electron chi connectivity index (χ0n) is 24.5. The molecule has 17 nitrogen and oxygen atoms in total. The highest BCUT2D eigenvalue weighted by molar-refractivity contribution is 7.94. The number of carboxylic acid groups (broad SMARTS) is 1. The number of aromatic nitrogens is 4. The maximum atomic E-state index is 13.3. The average molecular weight is 695 g/mol. The Hall–Kier alpha value is -5.57. The standard InChI is InChI=1S/C29H22N6O11S2/c1-13-9-20(22(44-2)12-23(13)48(41,42)43)32-33-25-26(29(38)39)34-35(28(25)37)15-5-3-14(4-6-15)27-30-19-8-7-17-18(24(19)31-27)10-16(11-21(17)36)47-46-45-40/h3-12,34,36,40H,1-2H3,(H,30,31)(H,38,39)(H,41,42,43). The van der Waals surface area contributed by atoms with Gasteiger partial charge in [0.05, 0.1) is 35.9 Å². The predicted octanol–water partition coefficient (Wildman–Crippen LogP) is 5.67. The Morgan fingerprint density at radius 3 is 2.46 bits per heavy atom. The van der Waals surface area contributed by atoms with E-state index in [1.807, 2.05) is 0 Å². The number of aryl methyl sites for hydroxylation is 1. The van der Waals surface area contributed by atoms with Gasteiger partial charge in [-0.1, -0.05) is 5.04 Å². The second-order valence-corrected chi connectivity index (χ2v) is 12.3. The molecule has 6 aromatic rings. The molecule has 0 aliphatic heterocycles. The van der Waals surface area contributed by atoms with Gasteiger partial charge in [0.2, 0.25) is 0 Å². The molecule has 0 aliphatic carbocycles. The van der Waals surface area contributed by atoms with E-state index in [9.17, 15) is 32.8 Å². The number of ether oxygens (including phenoxy) is 1. The van der Waals surface area contributed by atoms with E-state index < -0.39 is 37.9 Å². The first-order chi connectivity index (χ1) is 22.9. The summed E-state index contributed by atoms with van der Waals surface area (Å²) in [5, 5.41) is 43.9. The molecule has 0 saturated heterocycles. The molecule has 0 bridgehead atoms. The summed E-state index contributed by atoms with van der Waals surface area (Å²) >= 11 is 0.691. The summed E-state index contributed by atoms with van der Waals surface area (Å²) in [5.41, 5.74) is 0.227. The van der Waals surface area contributed by atoms with Crippen LogP contribution in [-0.2, 0) is 19.5 Å². The van der Waals surface area contributed by atoms with Crippen LogP contribution >= 0.6 is 12.0 Å². The molecule has 4 aromatic carbocycles. The van der Waals surface area contributed by atoms with E-state index in [2.05, 4.69) is 34.7 Å². The monoisotopic (exact) mass is 694 g/mol. The number of aromatic hydroxyl groups is 1. The third-order valence-electron chi connectivity index (χ3n) is 7.19. The highest BCUT2D eigenvalue weighted by atomic mass is 32.2. The van der Waals surface area contributed by atoms with Crippen LogP contribution in [0.15, 0.2) is 85.5 Å². The predicted molar refractivity (Wildman–Crippen MR) is 170 cm³/mol. The van der Waals surface area contributed by atoms with E-state index in [1.54, 1.807) is 42.5 Å². The molecule has 0 radical (unpaired) electrons. The van der Waals surface area contributed by atoms with Gasteiger partial charge < -0.3 is 19.9 Å². The van der Waals surface area contributed by atoms with Crippen molar-refractivity contribution in [3.8, 4) is 28.6 Å². The van der Waals surface area contributed by atoms with Gasteiger partial charge in [0.25, 0.3) is 15.7 Å². The van der Waals surface area contributed by atoms with Gasteiger partial charge in [0.1, 0.15) is 27.9 Å². The Labute approximate surface area is 272 Å². The maximum absolute atomic E-state index is 13.3. The molecule has 0 spiro atoms. The highest BCUT2D eigenvalue weighted by Crippen LogP contribution is 2.37. The Bertz CT molecular complexity index is 2430. The first-order valence-corrected chi connectivity index (χ1v) is 15.6. The molecule has 0 amide bonds. The minimum Gasteiger partial charge on any atom is -0.507 e. The van der Waals surface area contributed by atoms with Gasteiger partial charge in [-0.2, -0.15) is 8.42 Å². The largest absolute Gasteiger partial charge is 0.507 e. The van der Waals surface area contributed by atoms with Crippen LogP contribution in [0.4, 0.5) is 11.4 Å². The lowest BCUT2D eigenvalue weighted by atomic mass is 10.1. The van der Waals surface area contributed by atoms with Gasteiger partial charge >= 0.3 is 5.97 Å². The first kappa shape index (κ1) is 32.4. The maximum Gasteiger partial charge on any atom is 0.356 e. The first-order valence-electron chi connectivity index (χ1n) is 13.5. The molecular formula is C29H22N6O11S2. The molecule has 6 rings (SSSR count). The van der Waals surface area contributed by atoms with Gasteiger partial charge in [-0.15, -0.1) is 14.6 Å². The van der Waals surface area contributed by atoms with Crippen LogP contribution in [0.1, 0.15) is 16.1 Å². The molecule has 0 aliphatic rings. The van der Waals surface area contributed by atoms with E-state index in [0.29, 0.717) is 50.1 Å². The van der Waals surface area contributed by atoms with Crippen molar-refractivity contribution in [2.75, 3.05) is 7.11 Å². The second-order valence-electron chi connectivity index (χ2n) is 10.1. The summed E-state index contributed by atoms with van der Waals surface area (Å²) in [6, 6.07) is 15.3. The summed E-state index contributed by atoms with van der Waals surface area (Å²) < 4.78 is 43.4. The quantitative estimate of drug-likeness (QED) is 0.0333. The fourth-order valence-electron chi connectivity index (χ4n) is 5.01. The van der Waals surface area contributed by atoms with E-state index in [-0.39, 0.29) is 28.4 Å². The summed E-state index contributed by atoms with van der Waals surface area (Å²) in [6.07, 6.45) is 0. The summed E-state index contributed by atoms with van der Waals surface area (Å²) in [4.78, 5) is 33.2. The summed E-state index contributed by atoms with van der Waals surface area (Å²) in [6.45, 7) is 1.40.